The second-order valence-electron chi connectivity index (χ2n) is 7.37. The molecule has 1 amide bonds. The van der Waals surface area contributed by atoms with Gasteiger partial charge in [0, 0.05) is 49.4 Å². The van der Waals surface area contributed by atoms with Crippen molar-refractivity contribution >= 4 is 11.7 Å². The van der Waals surface area contributed by atoms with E-state index in [4.69, 9.17) is 14.2 Å². The van der Waals surface area contributed by atoms with Gasteiger partial charge >= 0.3 is 0 Å². The molecule has 0 bridgehead atoms. The topological polar surface area (TPSA) is 77.0 Å². The molecule has 0 unspecified atom stereocenters. The summed E-state index contributed by atoms with van der Waals surface area (Å²) in [7, 11) is 4.79. The Morgan fingerprint density at radius 2 is 1.41 bits per heavy atom. The molecule has 1 aliphatic rings. The number of piperazine rings is 1. The first-order valence-corrected chi connectivity index (χ1v) is 10.3. The minimum absolute atomic E-state index is 0.0385. The second-order valence-corrected chi connectivity index (χ2v) is 7.37. The van der Waals surface area contributed by atoms with Crippen LogP contribution in [0.1, 0.15) is 10.4 Å². The van der Waals surface area contributed by atoms with Crippen molar-refractivity contribution in [1.82, 2.24) is 14.9 Å². The standard InChI is InChI=1S/C24H26N4O4/c1-30-19-6-4-17(5-7-19)22-15-23(26-16-25-22)27-8-10-28(11-9-27)24(29)18-12-20(31-2)14-21(13-18)32-3/h4-7,12-16H,8-11H2,1-3H3. The lowest BCUT2D eigenvalue weighted by Crippen LogP contribution is -2.49. The van der Waals surface area contributed by atoms with Crippen LogP contribution in [0.4, 0.5) is 5.82 Å². The first kappa shape index (κ1) is 21.4. The smallest absolute Gasteiger partial charge is 0.254 e. The Morgan fingerprint density at radius 1 is 0.781 bits per heavy atom. The van der Waals surface area contributed by atoms with Crippen LogP contribution in [-0.2, 0) is 0 Å². The number of carbonyl (C=O) groups excluding carboxylic acids is 1. The number of nitrogens with zero attached hydrogens (tertiary/aromatic N) is 4. The van der Waals surface area contributed by atoms with Crippen LogP contribution in [0.3, 0.4) is 0 Å². The fourth-order valence-electron chi connectivity index (χ4n) is 3.69. The Hall–Kier alpha value is -3.81. The Morgan fingerprint density at radius 3 is 2.00 bits per heavy atom. The number of hydrogen-bond acceptors (Lipinski definition) is 7. The van der Waals surface area contributed by atoms with Crippen LogP contribution in [0.5, 0.6) is 17.2 Å². The molecule has 1 fully saturated rings. The van der Waals surface area contributed by atoms with Crippen LogP contribution in [0.25, 0.3) is 11.3 Å². The molecule has 0 aliphatic carbocycles. The van der Waals surface area contributed by atoms with E-state index in [0.717, 1.165) is 22.8 Å². The van der Waals surface area contributed by atoms with Crippen molar-refractivity contribution in [3.8, 4) is 28.5 Å². The van der Waals surface area contributed by atoms with E-state index in [2.05, 4.69) is 14.9 Å². The van der Waals surface area contributed by atoms with Gasteiger partial charge in [-0.2, -0.15) is 0 Å². The van der Waals surface area contributed by atoms with Crippen molar-refractivity contribution < 1.29 is 19.0 Å². The minimum Gasteiger partial charge on any atom is -0.497 e. The van der Waals surface area contributed by atoms with Gasteiger partial charge in [0.2, 0.25) is 0 Å². The molecule has 1 aliphatic heterocycles. The highest BCUT2D eigenvalue weighted by molar-refractivity contribution is 5.95. The summed E-state index contributed by atoms with van der Waals surface area (Å²) in [5.74, 6) is 2.80. The lowest BCUT2D eigenvalue weighted by Gasteiger charge is -2.35. The highest BCUT2D eigenvalue weighted by atomic mass is 16.5. The zero-order chi connectivity index (χ0) is 22.5. The Kier molecular flexibility index (Phi) is 6.39. The lowest BCUT2D eigenvalue weighted by atomic mass is 10.1. The number of ether oxygens (including phenoxy) is 3. The Bertz CT molecular complexity index is 1060. The van der Waals surface area contributed by atoms with E-state index in [0.29, 0.717) is 43.2 Å². The highest BCUT2D eigenvalue weighted by Gasteiger charge is 2.24. The van der Waals surface area contributed by atoms with Gasteiger partial charge in [-0.1, -0.05) is 0 Å². The lowest BCUT2D eigenvalue weighted by molar-refractivity contribution is 0.0745. The maximum atomic E-state index is 13.0. The Labute approximate surface area is 187 Å². The molecular weight excluding hydrogens is 408 g/mol. The fraction of sp³-hybridized carbons (Fsp3) is 0.292. The summed E-state index contributed by atoms with van der Waals surface area (Å²) in [5.41, 5.74) is 2.40. The monoisotopic (exact) mass is 434 g/mol. The molecule has 1 aromatic heterocycles. The molecular formula is C24H26N4O4. The summed E-state index contributed by atoms with van der Waals surface area (Å²) in [6.45, 7) is 2.57. The third kappa shape index (κ3) is 4.59. The van der Waals surface area contributed by atoms with E-state index in [1.807, 2.05) is 35.2 Å². The zero-order valence-electron chi connectivity index (χ0n) is 18.4. The van der Waals surface area contributed by atoms with E-state index >= 15 is 0 Å². The predicted octanol–water partition coefficient (Wildman–Crippen LogP) is 3.13. The van der Waals surface area contributed by atoms with Gasteiger partial charge in [-0.25, -0.2) is 9.97 Å². The van der Waals surface area contributed by atoms with Gasteiger partial charge in [0.1, 0.15) is 29.4 Å². The quantitative estimate of drug-likeness (QED) is 0.590. The Balaban J connectivity index is 1.44. The van der Waals surface area contributed by atoms with E-state index < -0.39 is 0 Å². The third-order valence-corrected chi connectivity index (χ3v) is 5.53. The van der Waals surface area contributed by atoms with E-state index in [1.165, 1.54) is 0 Å². The van der Waals surface area contributed by atoms with Gasteiger partial charge in [-0.05, 0) is 36.4 Å². The number of hydrogen-bond donors (Lipinski definition) is 0. The van der Waals surface area contributed by atoms with Gasteiger partial charge in [-0.3, -0.25) is 4.79 Å². The van der Waals surface area contributed by atoms with Crippen molar-refractivity contribution in [3.63, 3.8) is 0 Å². The summed E-state index contributed by atoms with van der Waals surface area (Å²) in [6.07, 6.45) is 1.58. The number of benzene rings is 2. The van der Waals surface area contributed by atoms with Gasteiger partial charge in [-0.15, -0.1) is 0 Å². The molecule has 3 aromatic rings. The number of aromatic nitrogens is 2. The van der Waals surface area contributed by atoms with Gasteiger partial charge in [0.05, 0.1) is 27.0 Å². The molecule has 2 heterocycles. The van der Waals surface area contributed by atoms with Crippen LogP contribution >= 0.6 is 0 Å². The summed E-state index contributed by atoms with van der Waals surface area (Å²) in [6, 6.07) is 15.0. The van der Waals surface area contributed by atoms with Crippen LogP contribution in [0.2, 0.25) is 0 Å². The van der Waals surface area contributed by atoms with Crippen molar-refractivity contribution in [2.24, 2.45) is 0 Å². The van der Waals surface area contributed by atoms with E-state index in [9.17, 15) is 4.79 Å². The van der Waals surface area contributed by atoms with Gasteiger partial charge in [0.25, 0.3) is 5.91 Å². The molecule has 1 saturated heterocycles. The molecule has 8 nitrogen and oxygen atoms in total. The highest BCUT2D eigenvalue weighted by Crippen LogP contribution is 2.26. The molecule has 0 radical (unpaired) electrons. The van der Waals surface area contributed by atoms with Gasteiger partial charge in [0.15, 0.2) is 0 Å². The normalized spacial score (nSPS) is 13.6. The average molecular weight is 434 g/mol. The number of anilines is 1. The number of methoxy groups -OCH3 is 3. The zero-order valence-corrected chi connectivity index (χ0v) is 18.4. The molecule has 0 spiro atoms. The van der Waals surface area contributed by atoms with Crippen molar-refractivity contribution in [2.45, 2.75) is 0 Å². The van der Waals surface area contributed by atoms with Crippen molar-refractivity contribution in [3.05, 3.63) is 60.4 Å². The molecule has 0 saturated carbocycles. The van der Waals surface area contributed by atoms with Crippen LogP contribution in [-0.4, -0.2) is 68.3 Å². The first-order valence-electron chi connectivity index (χ1n) is 10.3. The SMILES string of the molecule is COc1ccc(-c2cc(N3CCN(C(=O)c4cc(OC)cc(OC)c4)CC3)ncn2)cc1. The minimum atomic E-state index is -0.0385. The third-order valence-electron chi connectivity index (χ3n) is 5.53. The van der Waals surface area contributed by atoms with E-state index in [-0.39, 0.29) is 5.91 Å². The summed E-state index contributed by atoms with van der Waals surface area (Å²) in [4.78, 5) is 25.9. The molecule has 4 rings (SSSR count). The van der Waals surface area contributed by atoms with Crippen LogP contribution in [0, 0.1) is 0 Å². The maximum Gasteiger partial charge on any atom is 0.254 e. The van der Waals surface area contributed by atoms with Crippen molar-refractivity contribution in [2.75, 3.05) is 52.4 Å². The largest absolute Gasteiger partial charge is 0.497 e. The summed E-state index contributed by atoms with van der Waals surface area (Å²) < 4.78 is 15.8. The molecule has 166 valence electrons. The fourth-order valence-corrected chi connectivity index (χ4v) is 3.69. The van der Waals surface area contributed by atoms with Crippen LogP contribution in [0.15, 0.2) is 54.9 Å². The predicted molar refractivity (Wildman–Crippen MR) is 122 cm³/mol. The van der Waals surface area contributed by atoms with Crippen molar-refractivity contribution in [1.29, 1.82) is 0 Å². The second kappa shape index (κ2) is 9.55. The van der Waals surface area contributed by atoms with Gasteiger partial charge < -0.3 is 24.0 Å². The molecule has 32 heavy (non-hydrogen) atoms. The maximum absolute atomic E-state index is 13.0. The summed E-state index contributed by atoms with van der Waals surface area (Å²) in [5, 5.41) is 0. The molecule has 8 heteroatoms. The first-order chi connectivity index (χ1) is 15.6. The molecule has 0 atom stereocenters. The van der Waals surface area contributed by atoms with Crippen LogP contribution < -0.4 is 19.1 Å². The van der Waals surface area contributed by atoms with E-state index in [1.54, 1.807) is 45.9 Å². The average Bonchev–Trinajstić information content (AvgIpc) is 2.88. The summed E-state index contributed by atoms with van der Waals surface area (Å²) >= 11 is 0. The number of rotatable bonds is 6. The molecule has 0 N–H and O–H groups in total. The number of carbonyl (C=O) groups is 1. The number of amides is 1. The molecule has 2 aromatic carbocycles.